The maximum Gasteiger partial charge on any atom is 0.282 e. The second-order valence-electron chi connectivity index (χ2n) is 4.03. The van der Waals surface area contributed by atoms with Gasteiger partial charge in [-0.1, -0.05) is 0 Å². The smallest absolute Gasteiger partial charge is 0.282 e. The van der Waals surface area contributed by atoms with Crippen molar-refractivity contribution in [3.05, 3.63) is 16.7 Å². The van der Waals surface area contributed by atoms with E-state index in [0.717, 1.165) is 0 Å². The van der Waals surface area contributed by atoms with Gasteiger partial charge < -0.3 is 15.6 Å². The molecule has 0 aliphatic heterocycles. The normalized spacial score (nSPS) is 14.9. The van der Waals surface area contributed by atoms with E-state index in [9.17, 15) is 9.90 Å². The average molecular weight is 253 g/mol. The van der Waals surface area contributed by atoms with Crippen LogP contribution >= 0.6 is 0 Å². The fraction of sp³-hybridized carbons (Fsp3) is 0.500. The largest absolute Gasteiger partial charge is 0.389 e. The predicted octanol–water partition coefficient (Wildman–Crippen LogP) is -0.762. The zero-order valence-electron chi connectivity index (χ0n) is 10.4. The number of nitrogen functional groups attached to an aromatic ring is 1. The number of aromatic nitrogens is 4. The number of nitrogens with zero attached hydrogens (tertiary/aromatic N) is 4. The van der Waals surface area contributed by atoms with Crippen LogP contribution in [0.4, 0.5) is 5.95 Å². The highest BCUT2D eigenvalue weighted by Crippen LogP contribution is 2.18. The molecular weight excluding hydrogens is 238 g/mol. The first-order valence-corrected chi connectivity index (χ1v) is 5.37. The van der Waals surface area contributed by atoms with Crippen molar-refractivity contribution in [2.45, 2.75) is 19.3 Å². The number of anilines is 1. The van der Waals surface area contributed by atoms with Gasteiger partial charge >= 0.3 is 0 Å². The highest BCUT2D eigenvalue weighted by molar-refractivity contribution is 5.70. The molecule has 0 saturated heterocycles. The molecule has 0 aliphatic rings. The minimum atomic E-state index is -0.778. The molecule has 0 saturated carbocycles. The summed E-state index contributed by atoms with van der Waals surface area (Å²) in [6.45, 7) is 1.57. The van der Waals surface area contributed by atoms with Crippen LogP contribution in [0.3, 0.4) is 0 Å². The summed E-state index contributed by atoms with van der Waals surface area (Å²) in [6, 6.07) is 0. The number of methoxy groups -OCH3 is 1. The number of imidazole rings is 1. The number of ether oxygens (including phenoxy) is 1. The van der Waals surface area contributed by atoms with Crippen LogP contribution in [0.5, 0.6) is 0 Å². The Balaban J connectivity index is 2.72. The van der Waals surface area contributed by atoms with Crippen LogP contribution in [-0.2, 0) is 11.8 Å². The SMILES string of the molecule is CO[C@H](C(C)O)n1cnc2c(=O)n(C)c(N)nc21. The van der Waals surface area contributed by atoms with Crippen molar-refractivity contribution in [2.24, 2.45) is 7.05 Å². The number of nitrogens with two attached hydrogens (primary N) is 1. The molecule has 98 valence electrons. The molecule has 3 N–H and O–H groups in total. The van der Waals surface area contributed by atoms with Crippen LogP contribution in [0.1, 0.15) is 13.2 Å². The number of rotatable bonds is 3. The van der Waals surface area contributed by atoms with Gasteiger partial charge in [0.05, 0.1) is 12.4 Å². The molecule has 8 heteroatoms. The van der Waals surface area contributed by atoms with Gasteiger partial charge in [-0.25, -0.2) is 4.98 Å². The van der Waals surface area contributed by atoms with Gasteiger partial charge in [0.25, 0.3) is 5.56 Å². The minimum Gasteiger partial charge on any atom is -0.389 e. The number of hydrogen-bond donors (Lipinski definition) is 2. The number of fused-ring (bicyclic) bond motifs is 1. The lowest BCUT2D eigenvalue weighted by atomic mass is 10.3. The highest BCUT2D eigenvalue weighted by Gasteiger charge is 2.21. The van der Waals surface area contributed by atoms with Crippen LogP contribution in [0.25, 0.3) is 11.2 Å². The van der Waals surface area contributed by atoms with Gasteiger partial charge in [-0.2, -0.15) is 4.98 Å². The predicted molar refractivity (Wildman–Crippen MR) is 64.9 cm³/mol. The van der Waals surface area contributed by atoms with Crippen molar-refractivity contribution in [2.75, 3.05) is 12.8 Å². The number of hydrogen-bond acceptors (Lipinski definition) is 6. The van der Waals surface area contributed by atoms with Crippen molar-refractivity contribution in [3.63, 3.8) is 0 Å². The molecular formula is C10H15N5O3. The monoisotopic (exact) mass is 253 g/mol. The first-order valence-electron chi connectivity index (χ1n) is 5.37. The van der Waals surface area contributed by atoms with E-state index in [0.29, 0.717) is 5.65 Å². The molecule has 0 spiro atoms. The summed E-state index contributed by atoms with van der Waals surface area (Å²) in [6.07, 6.45) is -0.0483. The molecule has 0 bridgehead atoms. The molecule has 0 fully saturated rings. The molecule has 2 rings (SSSR count). The molecule has 0 radical (unpaired) electrons. The van der Waals surface area contributed by atoms with Crippen LogP contribution < -0.4 is 11.3 Å². The third-order valence-corrected chi connectivity index (χ3v) is 2.77. The van der Waals surface area contributed by atoms with Gasteiger partial charge in [0.1, 0.15) is 0 Å². The Bertz CT molecular complexity index is 630. The third-order valence-electron chi connectivity index (χ3n) is 2.77. The lowest BCUT2D eigenvalue weighted by Crippen LogP contribution is -2.25. The molecule has 0 aromatic carbocycles. The Hall–Kier alpha value is -1.93. The summed E-state index contributed by atoms with van der Waals surface area (Å²) in [4.78, 5) is 20.0. The molecule has 1 unspecified atom stereocenters. The summed E-state index contributed by atoms with van der Waals surface area (Å²) >= 11 is 0. The van der Waals surface area contributed by atoms with Crippen LogP contribution in [0.2, 0.25) is 0 Å². The zero-order chi connectivity index (χ0) is 13.4. The van der Waals surface area contributed by atoms with E-state index in [-0.39, 0.29) is 17.0 Å². The average Bonchev–Trinajstić information content (AvgIpc) is 2.71. The van der Waals surface area contributed by atoms with Gasteiger partial charge in [-0.15, -0.1) is 0 Å². The maximum atomic E-state index is 11.9. The van der Waals surface area contributed by atoms with Crippen LogP contribution in [0.15, 0.2) is 11.1 Å². The summed E-state index contributed by atoms with van der Waals surface area (Å²) < 4.78 is 7.85. The van der Waals surface area contributed by atoms with E-state index in [1.165, 1.54) is 29.6 Å². The van der Waals surface area contributed by atoms with E-state index in [4.69, 9.17) is 10.5 Å². The Morgan fingerprint density at radius 3 is 2.78 bits per heavy atom. The summed E-state index contributed by atoms with van der Waals surface area (Å²) in [5.41, 5.74) is 5.79. The Morgan fingerprint density at radius 2 is 2.22 bits per heavy atom. The molecule has 2 heterocycles. The molecule has 0 aliphatic carbocycles. The van der Waals surface area contributed by atoms with Gasteiger partial charge in [0.15, 0.2) is 17.4 Å². The highest BCUT2D eigenvalue weighted by atomic mass is 16.5. The van der Waals surface area contributed by atoms with E-state index in [2.05, 4.69) is 9.97 Å². The lowest BCUT2D eigenvalue weighted by Gasteiger charge is -2.19. The molecule has 0 amide bonds. The summed E-state index contributed by atoms with van der Waals surface area (Å²) in [7, 11) is 2.97. The van der Waals surface area contributed by atoms with Crippen LogP contribution in [0, 0.1) is 0 Å². The quantitative estimate of drug-likeness (QED) is 0.744. The van der Waals surface area contributed by atoms with Gasteiger partial charge in [0, 0.05) is 14.2 Å². The second kappa shape index (κ2) is 4.39. The van der Waals surface area contributed by atoms with E-state index >= 15 is 0 Å². The van der Waals surface area contributed by atoms with Crippen molar-refractivity contribution >= 4 is 17.1 Å². The summed E-state index contributed by atoms with van der Waals surface area (Å²) in [5, 5.41) is 9.62. The lowest BCUT2D eigenvalue weighted by molar-refractivity contribution is -0.0472. The van der Waals surface area contributed by atoms with E-state index in [1.807, 2.05) is 0 Å². The minimum absolute atomic E-state index is 0.0784. The standard InChI is InChI=1S/C10H15N5O3/c1-5(16)9(18-3)15-4-12-6-7(15)13-10(11)14(2)8(6)17/h4-5,9,16H,1-3H3,(H2,11,13)/t5?,9-/m1/s1. The Morgan fingerprint density at radius 1 is 1.56 bits per heavy atom. The fourth-order valence-corrected chi connectivity index (χ4v) is 1.79. The zero-order valence-corrected chi connectivity index (χ0v) is 10.4. The van der Waals surface area contributed by atoms with Crippen molar-refractivity contribution in [1.82, 2.24) is 19.1 Å². The van der Waals surface area contributed by atoms with Crippen LogP contribution in [-0.4, -0.2) is 37.4 Å². The second-order valence-corrected chi connectivity index (χ2v) is 4.03. The molecule has 2 aromatic rings. The molecule has 2 aromatic heterocycles. The Labute approximate surface area is 103 Å². The Kier molecular flexibility index (Phi) is 3.05. The molecule has 2 atom stereocenters. The van der Waals surface area contributed by atoms with Gasteiger partial charge in [-0.05, 0) is 6.92 Å². The number of aliphatic hydroxyl groups excluding tert-OH is 1. The van der Waals surface area contributed by atoms with Crippen molar-refractivity contribution in [3.8, 4) is 0 Å². The van der Waals surface area contributed by atoms with Gasteiger partial charge in [-0.3, -0.25) is 13.9 Å². The fourth-order valence-electron chi connectivity index (χ4n) is 1.79. The number of aliphatic hydroxyl groups is 1. The maximum absolute atomic E-state index is 11.9. The molecule has 8 nitrogen and oxygen atoms in total. The molecule has 18 heavy (non-hydrogen) atoms. The van der Waals surface area contributed by atoms with Crippen molar-refractivity contribution < 1.29 is 9.84 Å². The third kappa shape index (κ3) is 1.75. The van der Waals surface area contributed by atoms with E-state index in [1.54, 1.807) is 6.92 Å². The van der Waals surface area contributed by atoms with Crippen molar-refractivity contribution in [1.29, 1.82) is 0 Å². The first kappa shape index (κ1) is 12.5. The topological polar surface area (TPSA) is 108 Å². The summed E-state index contributed by atoms with van der Waals surface area (Å²) in [5.74, 6) is 0.0784. The first-order chi connectivity index (χ1) is 8.47. The van der Waals surface area contributed by atoms with E-state index < -0.39 is 12.3 Å². The van der Waals surface area contributed by atoms with Gasteiger partial charge in [0.2, 0.25) is 5.95 Å².